The zero-order chi connectivity index (χ0) is 19.8. The summed E-state index contributed by atoms with van der Waals surface area (Å²) >= 11 is 2.12. The number of ketones is 1. The van der Waals surface area contributed by atoms with Crippen molar-refractivity contribution in [3.8, 4) is 22.2 Å². The van der Waals surface area contributed by atoms with Crippen LogP contribution in [0.5, 0.6) is 11.5 Å². The molecule has 0 saturated heterocycles. The van der Waals surface area contributed by atoms with Crippen molar-refractivity contribution in [2.45, 2.75) is 10.1 Å². The number of aliphatic hydroxyl groups excluding tert-OH is 1. The van der Waals surface area contributed by atoms with Crippen LogP contribution in [0.15, 0.2) is 27.6 Å². The van der Waals surface area contributed by atoms with Gasteiger partial charge in [0.15, 0.2) is 28.3 Å². The number of fused-ring (bicyclic) bond motifs is 1. The first kappa shape index (κ1) is 18.8. The predicted octanol–water partition coefficient (Wildman–Crippen LogP) is 2.92. The van der Waals surface area contributed by atoms with E-state index in [0.29, 0.717) is 35.4 Å². The first-order valence-corrected chi connectivity index (χ1v) is 9.77. The van der Waals surface area contributed by atoms with Gasteiger partial charge in [0.25, 0.3) is 0 Å². The number of hydrogen-bond acceptors (Lipinski definition) is 8. The van der Waals surface area contributed by atoms with E-state index in [2.05, 4.69) is 10.2 Å². The molecule has 0 aliphatic carbocycles. The Morgan fingerprint density at radius 3 is 2.71 bits per heavy atom. The van der Waals surface area contributed by atoms with Crippen molar-refractivity contribution in [1.82, 2.24) is 14.8 Å². The Labute approximate surface area is 165 Å². The summed E-state index contributed by atoms with van der Waals surface area (Å²) in [5, 5.41) is 19.0. The van der Waals surface area contributed by atoms with Crippen LogP contribution in [0.25, 0.3) is 10.7 Å². The highest BCUT2D eigenvalue weighted by atomic mass is 32.2. The van der Waals surface area contributed by atoms with Gasteiger partial charge in [0.2, 0.25) is 0 Å². The van der Waals surface area contributed by atoms with Gasteiger partial charge in [-0.05, 0) is 23.9 Å². The zero-order valence-electron chi connectivity index (χ0n) is 14.4. The van der Waals surface area contributed by atoms with Crippen molar-refractivity contribution >= 4 is 28.9 Å². The molecule has 0 saturated carbocycles. The lowest BCUT2D eigenvalue weighted by Gasteiger charge is -2.15. The monoisotopic (exact) mass is 425 g/mol. The molecule has 28 heavy (non-hydrogen) atoms. The van der Waals surface area contributed by atoms with Gasteiger partial charge in [0.05, 0.1) is 4.90 Å². The third kappa shape index (κ3) is 3.25. The number of hydrogen-bond donors (Lipinski definition) is 1. The van der Waals surface area contributed by atoms with Crippen LogP contribution in [0.3, 0.4) is 0 Å². The molecule has 1 aliphatic heterocycles. The Bertz CT molecular complexity index is 1040. The number of carbonyl (C=O) groups is 1. The van der Waals surface area contributed by atoms with E-state index in [1.165, 1.54) is 11.3 Å². The van der Waals surface area contributed by atoms with Gasteiger partial charge < -0.3 is 19.1 Å². The van der Waals surface area contributed by atoms with E-state index in [9.17, 15) is 13.6 Å². The average Bonchev–Trinajstić information content (AvgIpc) is 3.27. The van der Waals surface area contributed by atoms with Crippen LogP contribution in [0, 0.1) is 11.6 Å². The topological polar surface area (TPSA) is 86.5 Å². The molecule has 0 fully saturated rings. The molecule has 7 nitrogen and oxygen atoms in total. The largest absolute Gasteiger partial charge is 0.485 e. The summed E-state index contributed by atoms with van der Waals surface area (Å²) in [6.07, 6.45) is 0. The van der Waals surface area contributed by atoms with Crippen molar-refractivity contribution in [3.63, 3.8) is 0 Å². The number of benzene rings is 1. The number of ether oxygens (including phenoxy) is 2. The molecule has 11 heteroatoms. The number of carbonyl (C=O) groups excluding carboxylic acids is 1. The molecule has 0 amide bonds. The number of Topliss-reactive ketones (excluding diaryl/α,β-unsaturated/α-hetero) is 1. The lowest BCUT2D eigenvalue weighted by atomic mass is 10.1. The molecule has 2 aromatic heterocycles. The van der Waals surface area contributed by atoms with E-state index in [-0.39, 0.29) is 15.6 Å². The Morgan fingerprint density at radius 2 is 2.00 bits per heavy atom. The summed E-state index contributed by atoms with van der Waals surface area (Å²) in [5.74, 6) is -0.919. The van der Waals surface area contributed by atoms with Crippen molar-refractivity contribution in [2.24, 2.45) is 7.05 Å². The molecule has 0 radical (unpaired) electrons. The van der Waals surface area contributed by atoms with Gasteiger partial charge in [-0.15, -0.1) is 21.5 Å². The Balaban J connectivity index is 1.66. The molecule has 1 aromatic carbocycles. The van der Waals surface area contributed by atoms with Crippen LogP contribution in [-0.4, -0.2) is 45.5 Å². The van der Waals surface area contributed by atoms with Crippen molar-refractivity contribution in [2.75, 3.05) is 19.8 Å². The summed E-state index contributed by atoms with van der Waals surface area (Å²) < 4.78 is 41.4. The number of nitrogens with zero attached hydrogens (tertiary/aromatic N) is 3. The van der Waals surface area contributed by atoms with Gasteiger partial charge in [-0.3, -0.25) is 4.79 Å². The van der Waals surface area contributed by atoms with Crippen LogP contribution in [-0.2, 0) is 7.05 Å². The second kappa shape index (κ2) is 7.49. The molecular formula is C17H13F2N3O4S2. The maximum absolute atomic E-state index is 14.3. The summed E-state index contributed by atoms with van der Waals surface area (Å²) in [6, 6.07) is 1.78. The second-order valence-electron chi connectivity index (χ2n) is 5.77. The number of aliphatic hydroxyl groups is 1. The SMILES string of the molecule is Cn1c(Sc2c(F)cc(C(=O)CO)cc2F)nnc1-c1scc2c1OCCO2. The fraction of sp³-hybridized carbons (Fsp3) is 0.235. The molecule has 0 spiro atoms. The van der Waals surface area contributed by atoms with Gasteiger partial charge in [0.1, 0.15) is 36.3 Å². The molecule has 1 aliphatic rings. The first-order chi connectivity index (χ1) is 13.5. The normalized spacial score (nSPS) is 13.0. The minimum Gasteiger partial charge on any atom is -0.485 e. The van der Waals surface area contributed by atoms with E-state index in [4.69, 9.17) is 14.6 Å². The third-order valence-corrected chi connectivity index (χ3v) is 6.06. The van der Waals surface area contributed by atoms with Gasteiger partial charge in [0, 0.05) is 18.0 Å². The molecule has 146 valence electrons. The minimum atomic E-state index is -0.920. The van der Waals surface area contributed by atoms with E-state index in [1.807, 2.05) is 5.38 Å². The van der Waals surface area contributed by atoms with E-state index in [0.717, 1.165) is 23.9 Å². The maximum atomic E-state index is 14.3. The van der Waals surface area contributed by atoms with Crippen LogP contribution >= 0.6 is 23.1 Å². The molecular weight excluding hydrogens is 412 g/mol. The van der Waals surface area contributed by atoms with Crippen molar-refractivity contribution < 1.29 is 28.2 Å². The molecule has 1 N–H and O–H groups in total. The molecule has 3 aromatic rings. The highest BCUT2D eigenvalue weighted by molar-refractivity contribution is 7.99. The highest BCUT2D eigenvalue weighted by Gasteiger charge is 2.25. The van der Waals surface area contributed by atoms with Crippen LogP contribution in [0.1, 0.15) is 10.4 Å². The average molecular weight is 425 g/mol. The van der Waals surface area contributed by atoms with Crippen LogP contribution in [0.2, 0.25) is 0 Å². The summed E-state index contributed by atoms with van der Waals surface area (Å²) in [4.78, 5) is 11.9. The maximum Gasteiger partial charge on any atom is 0.196 e. The van der Waals surface area contributed by atoms with Crippen molar-refractivity contribution in [3.05, 3.63) is 34.7 Å². The quantitative estimate of drug-likeness (QED) is 0.629. The third-order valence-electron chi connectivity index (χ3n) is 4.00. The Morgan fingerprint density at radius 1 is 1.29 bits per heavy atom. The van der Waals surface area contributed by atoms with E-state index < -0.39 is 24.0 Å². The number of halogens is 2. The summed E-state index contributed by atoms with van der Waals surface area (Å²) in [5.41, 5.74) is -0.233. The number of aromatic nitrogens is 3. The van der Waals surface area contributed by atoms with E-state index >= 15 is 0 Å². The predicted molar refractivity (Wildman–Crippen MR) is 97.2 cm³/mol. The fourth-order valence-corrected chi connectivity index (χ4v) is 4.37. The first-order valence-electron chi connectivity index (χ1n) is 8.07. The molecule has 0 unspecified atom stereocenters. The van der Waals surface area contributed by atoms with Crippen molar-refractivity contribution in [1.29, 1.82) is 0 Å². The zero-order valence-corrected chi connectivity index (χ0v) is 16.1. The second-order valence-corrected chi connectivity index (χ2v) is 7.63. The molecule has 3 heterocycles. The minimum absolute atomic E-state index is 0.233. The smallest absolute Gasteiger partial charge is 0.196 e. The number of thiophene rings is 1. The lowest BCUT2D eigenvalue weighted by molar-refractivity contribution is 0.0902. The molecule has 4 rings (SSSR count). The van der Waals surface area contributed by atoms with Crippen LogP contribution < -0.4 is 9.47 Å². The lowest BCUT2D eigenvalue weighted by Crippen LogP contribution is -2.14. The number of rotatable bonds is 5. The van der Waals surface area contributed by atoms with Crippen LogP contribution in [0.4, 0.5) is 8.78 Å². The summed E-state index contributed by atoms with van der Waals surface area (Å²) in [6.45, 7) is 0.0664. The fourth-order valence-electron chi connectivity index (χ4n) is 2.62. The van der Waals surface area contributed by atoms with Gasteiger partial charge in [-0.1, -0.05) is 0 Å². The van der Waals surface area contributed by atoms with Gasteiger partial charge in [-0.25, -0.2) is 8.78 Å². The highest BCUT2D eigenvalue weighted by Crippen LogP contribution is 2.45. The van der Waals surface area contributed by atoms with Gasteiger partial charge in [-0.2, -0.15) is 0 Å². The standard InChI is InChI=1S/C17H13F2N3O4S2/c1-22-16(15-13-12(7-27-15)25-2-3-26-13)20-21-17(22)28-14-9(18)4-8(5-10(14)19)11(24)6-23/h4-5,7,23H,2-3,6H2,1H3. The van der Waals surface area contributed by atoms with Gasteiger partial charge >= 0.3 is 0 Å². The summed E-state index contributed by atoms with van der Waals surface area (Å²) in [7, 11) is 1.67. The molecule has 0 atom stereocenters. The Hall–Kier alpha value is -2.50. The van der Waals surface area contributed by atoms with E-state index in [1.54, 1.807) is 11.6 Å². The molecule has 0 bridgehead atoms. The Kier molecular flexibility index (Phi) is 5.04.